The number of nitrogens with two attached hydrogens (primary N) is 1. The molecule has 7 N–H and O–H groups in total. The second kappa shape index (κ2) is 10.3. The molecule has 18 nitrogen and oxygen atoms in total. The molecule has 0 aromatic carbocycles. The van der Waals surface area contributed by atoms with Gasteiger partial charge in [-0.1, -0.05) is 0 Å². The standard InChI is InChI=1S/C15H17N4O14P3/c16-13-10-7(8-2-1-3-28-8)4-19(14(10)18-6-17-13)15-12(21)11(20)9(30-15)5-29-34(23)32-36(26,27)33-35(24,25)31-22/h1-4,6,9,11-12,15,20-21H,5H2,(H4-,16,17,18,22,24,25,26,27)/p+1/t9-,11-,12-,15-/m1/s1. The summed E-state index contributed by atoms with van der Waals surface area (Å²) in [5.41, 5.74) is 6.72. The Morgan fingerprint density at radius 2 is 1.94 bits per heavy atom. The molecule has 0 aliphatic carbocycles. The Kier molecular flexibility index (Phi) is 7.71. The number of anilines is 1. The van der Waals surface area contributed by atoms with E-state index < -0.39 is 55.0 Å². The zero-order valence-electron chi connectivity index (χ0n) is 17.6. The Labute approximate surface area is 200 Å². The molecule has 3 aromatic rings. The number of aliphatic hydroxyl groups is 2. The summed E-state index contributed by atoms with van der Waals surface area (Å²) in [6.45, 7) is -0.738. The van der Waals surface area contributed by atoms with Crippen molar-refractivity contribution in [3.05, 3.63) is 30.9 Å². The monoisotopic (exact) mass is 571 g/mol. The third-order valence-corrected chi connectivity index (χ3v) is 8.44. The van der Waals surface area contributed by atoms with Crippen LogP contribution in [-0.4, -0.2) is 64.7 Å². The molecule has 3 unspecified atom stereocenters. The zero-order valence-corrected chi connectivity index (χ0v) is 20.3. The number of ether oxygens (including phenoxy) is 1. The van der Waals surface area contributed by atoms with Gasteiger partial charge in [-0.25, -0.2) is 24.4 Å². The zero-order chi connectivity index (χ0) is 26.3. The van der Waals surface area contributed by atoms with E-state index >= 15 is 0 Å². The van der Waals surface area contributed by atoms with E-state index in [2.05, 4.69) is 23.3 Å². The predicted molar refractivity (Wildman–Crippen MR) is 115 cm³/mol. The Balaban J connectivity index is 1.49. The van der Waals surface area contributed by atoms with E-state index in [9.17, 15) is 28.8 Å². The molecule has 1 fully saturated rings. The first-order valence-corrected chi connectivity index (χ1v) is 13.7. The van der Waals surface area contributed by atoms with E-state index in [0.717, 1.165) is 0 Å². The van der Waals surface area contributed by atoms with Crippen LogP contribution in [0, 0.1) is 0 Å². The van der Waals surface area contributed by atoms with Crippen molar-refractivity contribution in [3.8, 4) is 11.3 Å². The summed E-state index contributed by atoms with van der Waals surface area (Å²) < 4.78 is 62.2. The number of hydrogen-bond acceptors (Lipinski definition) is 15. The van der Waals surface area contributed by atoms with Gasteiger partial charge in [-0.2, -0.15) is 4.31 Å². The third kappa shape index (κ3) is 5.56. The van der Waals surface area contributed by atoms with Crippen LogP contribution in [0.3, 0.4) is 0 Å². The van der Waals surface area contributed by atoms with Gasteiger partial charge < -0.3 is 34.6 Å². The average molecular weight is 571 g/mol. The van der Waals surface area contributed by atoms with Crippen molar-refractivity contribution in [1.29, 1.82) is 0 Å². The number of nitrogen functional groups attached to an aromatic ring is 1. The molecule has 36 heavy (non-hydrogen) atoms. The lowest BCUT2D eigenvalue weighted by Gasteiger charge is -2.17. The first-order chi connectivity index (χ1) is 16.9. The second-order valence-electron chi connectivity index (χ2n) is 7.13. The first-order valence-electron chi connectivity index (χ1n) is 9.59. The van der Waals surface area contributed by atoms with Gasteiger partial charge in [0.25, 0.3) is 0 Å². The second-order valence-corrected chi connectivity index (χ2v) is 11.2. The SMILES string of the molecule is Nc1ncnc2c1c(-c1ccco1)cn2[C@@H]1O[C@H](CO[P+](=O)OP(=O)(O)OP(=O)(O)OO)[C@@H](O)[C@H]1O. The van der Waals surface area contributed by atoms with Gasteiger partial charge in [-0.15, -0.1) is 9.20 Å². The van der Waals surface area contributed by atoms with Crippen molar-refractivity contribution >= 4 is 40.8 Å². The lowest BCUT2D eigenvalue weighted by atomic mass is 10.1. The number of fused-ring (bicyclic) bond motifs is 1. The summed E-state index contributed by atoms with van der Waals surface area (Å²) in [7, 11) is -14.4. The smallest absolute Gasteiger partial charge is 0.464 e. The van der Waals surface area contributed by atoms with Crippen LogP contribution < -0.4 is 5.73 Å². The van der Waals surface area contributed by atoms with Crippen molar-refractivity contribution in [2.45, 2.75) is 24.5 Å². The molecule has 1 aliphatic rings. The topological polar surface area (TPSA) is 268 Å². The van der Waals surface area contributed by atoms with E-state index in [0.29, 0.717) is 16.7 Å². The van der Waals surface area contributed by atoms with Crippen LogP contribution in [-0.2, 0) is 36.3 Å². The van der Waals surface area contributed by atoms with Crippen LogP contribution in [0.15, 0.2) is 35.3 Å². The molecule has 0 saturated carbocycles. The molecule has 21 heteroatoms. The summed E-state index contributed by atoms with van der Waals surface area (Å²) in [4.78, 5) is 26.3. The fourth-order valence-corrected chi connectivity index (χ4v) is 6.10. The van der Waals surface area contributed by atoms with Crippen molar-refractivity contribution in [1.82, 2.24) is 14.5 Å². The lowest BCUT2D eigenvalue weighted by Crippen LogP contribution is -2.33. The normalized spacial score (nSPS) is 26.1. The maximum atomic E-state index is 11.8. The minimum Gasteiger partial charge on any atom is -0.464 e. The maximum absolute atomic E-state index is 11.8. The number of hydrogen-bond donors (Lipinski definition) is 6. The molecular formula is C15H18N4O14P3+. The highest BCUT2D eigenvalue weighted by molar-refractivity contribution is 7.64. The summed E-state index contributed by atoms with van der Waals surface area (Å²) in [6, 6.07) is 3.30. The highest BCUT2D eigenvalue weighted by atomic mass is 31.3. The van der Waals surface area contributed by atoms with Crippen LogP contribution in [0.2, 0.25) is 0 Å². The summed E-state index contributed by atoms with van der Waals surface area (Å²) >= 11 is 0. The van der Waals surface area contributed by atoms with E-state index in [4.69, 9.17) is 29.6 Å². The lowest BCUT2D eigenvalue weighted by molar-refractivity contribution is -0.157. The first kappa shape index (κ1) is 26.9. The molecule has 0 spiro atoms. The van der Waals surface area contributed by atoms with Gasteiger partial charge in [-0.3, -0.25) is 4.89 Å². The van der Waals surface area contributed by atoms with Crippen LogP contribution in [0.5, 0.6) is 0 Å². The quantitative estimate of drug-likeness (QED) is 0.114. The minimum absolute atomic E-state index is 0.113. The van der Waals surface area contributed by atoms with Crippen molar-refractivity contribution in [2.24, 2.45) is 0 Å². The highest BCUT2D eigenvalue weighted by Gasteiger charge is 2.48. The van der Waals surface area contributed by atoms with Crippen LogP contribution in [0.4, 0.5) is 5.82 Å². The Bertz CT molecular complexity index is 1350. The highest BCUT2D eigenvalue weighted by Crippen LogP contribution is 2.63. The number of rotatable bonds is 10. The van der Waals surface area contributed by atoms with Gasteiger partial charge in [0.05, 0.1) is 11.6 Å². The summed E-state index contributed by atoms with van der Waals surface area (Å²) in [5, 5.41) is 29.5. The molecule has 4 heterocycles. The molecule has 7 atom stereocenters. The fraction of sp³-hybridized carbons (Fsp3) is 0.333. The molecule has 0 bridgehead atoms. The van der Waals surface area contributed by atoms with Crippen LogP contribution in [0.25, 0.3) is 22.4 Å². The van der Waals surface area contributed by atoms with Crippen LogP contribution in [0.1, 0.15) is 6.23 Å². The fourth-order valence-electron chi connectivity index (χ4n) is 3.42. The van der Waals surface area contributed by atoms with Gasteiger partial charge in [0, 0.05) is 16.3 Å². The molecule has 3 aromatic heterocycles. The summed E-state index contributed by atoms with van der Waals surface area (Å²) in [5.74, 6) is 0.527. The molecule has 0 amide bonds. The van der Waals surface area contributed by atoms with Crippen molar-refractivity contribution in [3.63, 3.8) is 0 Å². The third-order valence-electron chi connectivity index (χ3n) is 4.86. The van der Waals surface area contributed by atoms with Gasteiger partial charge in [0.1, 0.15) is 48.5 Å². The number of phosphoric acid groups is 2. The van der Waals surface area contributed by atoms with Crippen molar-refractivity contribution < 1.29 is 65.9 Å². The molecular weight excluding hydrogens is 553 g/mol. The molecule has 4 rings (SSSR count). The molecule has 1 aliphatic heterocycles. The Morgan fingerprint density at radius 3 is 2.61 bits per heavy atom. The van der Waals surface area contributed by atoms with E-state index in [1.807, 2.05) is 0 Å². The molecule has 1 saturated heterocycles. The van der Waals surface area contributed by atoms with E-state index in [1.54, 1.807) is 12.1 Å². The number of furan rings is 1. The van der Waals surface area contributed by atoms with Gasteiger partial charge in [0.15, 0.2) is 6.23 Å². The van der Waals surface area contributed by atoms with Gasteiger partial charge >= 0.3 is 23.9 Å². The average Bonchev–Trinajstić information content (AvgIpc) is 3.51. The van der Waals surface area contributed by atoms with Crippen molar-refractivity contribution in [2.75, 3.05) is 12.3 Å². The van der Waals surface area contributed by atoms with E-state index in [-0.39, 0.29) is 11.5 Å². The molecule has 0 radical (unpaired) electrons. The predicted octanol–water partition coefficient (Wildman–Crippen LogP) is 1.29. The van der Waals surface area contributed by atoms with Gasteiger partial charge in [-0.05, 0) is 16.4 Å². The Morgan fingerprint density at radius 1 is 1.19 bits per heavy atom. The summed E-state index contributed by atoms with van der Waals surface area (Å²) in [6.07, 6.45) is -1.60. The van der Waals surface area contributed by atoms with Gasteiger partial charge in [0.2, 0.25) is 0 Å². The largest absolute Gasteiger partial charge is 0.708 e. The minimum atomic E-state index is -5.49. The number of aliphatic hydroxyl groups excluding tert-OH is 2. The maximum Gasteiger partial charge on any atom is 0.708 e. The number of nitrogens with zero attached hydrogens (tertiary/aromatic N) is 3. The number of aromatic nitrogens is 3. The van der Waals surface area contributed by atoms with E-state index in [1.165, 1.54) is 23.4 Å². The Hall–Kier alpha value is -2.14. The molecule has 196 valence electrons. The van der Waals surface area contributed by atoms with Crippen LogP contribution >= 0.6 is 23.9 Å².